The summed E-state index contributed by atoms with van der Waals surface area (Å²) in [6.45, 7) is 1.67. The number of hydrogen-bond donors (Lipinski definition) is 1. The minimum atomic E-state index is -0.720. The molecule has 0 aromatic heterocycles. The van der Waals surface area contributed by atoms with Crippen molar-refractivity contribution in [3.63, 3.8) is 0 Å². The Bertz CT molecular complexity index is 513. The standard InChI is InChI=1S/C15H19N3OS/c1-18-9-7-15(11-16,8-10-18)17-14(19)12-3-5-13(20-2)6-4-12/h3-6H,7-10H2,1-2H3,(H,17,19). The summed E-state index contributed by atoms with van der Waals surface area (Å²) in [5, 5.41) is 12.3. The Morgan fingerprint density at radius 3 is 2.45 bits per heavy atom. The lowest BCUT2D eigenvalue weighted by molar-refractivity contribution is 0.0882. The Labute approximate surface area is 124 Å². The zero-order chi connectivity index (χ0) is 14.6. The van der Waals surface area contributed by atoms with Crippen molar-refractivity contribution in [2.24, 2.45) is 0 Å². The van der Waals surface area contributed by atoms with E-state index in [1.54, 1.807) is 23.9 Å². The van der Waals surface area contributed by atoms with Gasteiger partial charge in [-0.1, -0.05) is 0 Å². The van der Waals surface area contributed by atoms with Gasteiger partial charge in [0.1, 0.15) is 5.54 Å². The lowest BCUT2D eigenvalue weighted by atomic mass is 9.89. The van der Waals surface area contributed by atoms with Crippen LogP contribution >= 0.6 is 11.8 Å². The summed E-state index contributed by atoms with van der Waals surface area (Å²) in [6, 6.07) is 9.76. The molecule has 1 saturated heterocycles. The summed E-state index contributed by atoms with van der Waals surface area (Å²) in [6.07, 6.45) is 3.35. The van der Waals surface area contributed by atoms with Gasteiger partial charge in [-0.2, -0.15) is 5.26 Å². The van der Waals surface area contributed by atoms with Crippen LogP contribution in [0, 0.1) is 11.3 Å². The number of benzene rings is 1. The number of piperidine rings is 1. The highest BCUT2D eigenvalue weighted by Crippen LogP contribution is 2.22. The molecule has 0 spiro atoms. The van der Waals surface area contributed by atoms with E-state index in [-0.39, 0.29) is 5.91 Å². The first-order valence-corrected chi connectivity index (χ1v) is 7.87. The predicted octanol–water partition coefficient (Wildman–Crippen LogP) is 2.13. The molecule has 20 heavy (non-hydrogen) atoms. The molecule has 0 saturated carbocycles. The molecular formula is C15H19N3OS. The second kappa shape index (κ2) is 6.29. The van der Waals surface area contributed by atoms with E-state index in [1.807, 2.05) is 25.4 Å². The van der Waals surface area contributed by atoms with Crippen molar-refractivity contribution in [1.82, 2.24) is 10.2 Å². The SMILES string of the molecule is CSc1ccc(C(=O)NC2(C#N)CCN(C)CC2)cc1. The van der Waals surface area contributed by atoms with Gasteiger partial charge in [0.25, 0.3) is 5.91 Å². The third kappa shape index (κ3) is 3.33. The number of amides is 1. The molecule has 5 heteroatoms. The number of likely N-dealkylation sites (tertiary alicyclic amines) is 1. The van der Waals surface area contributed by atoms with E-state index in [9.17, 15) is 10.1 Å². The summed E-state index contributed by atoms with van der Waals surface area (Å²) in [5.41, 5.74) is -0.113. The topological polar surface area (TPSA) is 56.1 Å². The van der Waals surface area contributed by atoms with Crippen LogP contribution in [-0.2, 0) is 0 Å². The number of nitriles is 1. The first kappa shape index (κ1) is 14.9. The summed E-state index contributed by atoms with van der Waals surface area (Å²) < 4.78 is 0. The molecule has 1 N–H and O–H groups in total. The monoisotopic (exact) mass is 289 g/mol. The van der Waals surface area contributed by atoms with Gasteiger partial charge in [-0.15, -0.1) is 11.8 Å². The Kier molecular flexibility index (Phi) is 4.69. The molecule has 0 unspecified atom stereocenters. The highest BCUT2D eigenvalue weighted by atomic mass is 32.2. The molecule has 0 aliphatic carbocycles. The van der Waals surface area contributed by atoms with Gasteiger partial charge in [-0.3, -0.25) is 4.79 Å². The van der Waals surface area contributed by atoms with Crippen LogP contribution < -0.4 is 5.32 Å². The van der Waals surface area contributed by atoms with Crippen LogP contribution in [-0.4, -0.2) is 42.7 Å². The van der Waals surface area contributed by atoms with E-state index in [4.69, 9.17) is 0 Å². The zero-order valence-electron chi connectivity index (χ0n) is 11.8. The van der Waals surface area contributed by atoms with Gasteiger partial charge in [-0.05, 0) is 50.4 Å². The summed E-state index contributed by atoms with van der Waals surface area (Å²) in [5.74, 6) is -0.163. The minimum Gasteiger partial charge on any atom is -0.334 e. The van der Waals surface area contributed by atoms with Crippen molar-refractivity contribution < 1.29 is 4.79 Å². The fourth-order valence-electron chi connectivity index (χ4n) is 2.30. The molecule has 106 valence electrons. The largest absolute Gasteiger partial charge is 0.334 e. The molecule has 1 aromatic carbocycles. The molecular weight excluding hydrogens is 270 g/mol. The fraction of sp³-hybridized carbons (Fsp3) is 0.467. The molecule has 1 amide bonds. The number of nitrogens with one attached hydrogen (secondary N) is 1. The van der Waals surface area contributed by atoms with E-state index in [0.717, 1.165) is 18.0 Å². The smallest absolute Gasteiger partial charge is 0.252 e. The number of carbonyl (C=O) groups is 1. The number of carbonyl (C=O) groups excluding carboxylic acids is 1. The van der Waals surface area contributed by atoms with Gasteiger partial charge in [0.15, 0.2) is 0 Å². The van der Waals surface area contributed by atoms with Crippen LogP contribution in [0.4, 0.5) is 0 Å². The normalized spacial score (nSPS) is 18.2. The van der Waals surface area contributed by atoms with Gasteiger partial charge in [-0.25, -0.2) is 0 Å². The van der Waals surface area contributed by atoms with Gasteiger partial charge in [0, 0.05) is 23.5 Å². The summed E-state index contributed by atoms with van der Waals surface area (Å²) in [7, 11) is 2.03. The van der Waals surface area contributed by atoms with E-state index >= 15 is 0 Å². The maximum Gasteiger partial charge on any atom is 0.252 e. The molecule has 4 nitrogen and oxygen atoms in total. The van der Waals surface area contributed by atoms with Crippen LogP contribution in [0.25, 0.3) is 0 Å². The minimum absolute atomic E-state index is 0.163. The lowest BCUT2D eigenvalue weighted by Crippen LogP contribution is -2.53. The molecule has 0 bridgehead atoms. The van der Waals surface area contributed by atoms with Gasteiger partial charge >= 0.3 is 0 Å². The quantitative estimate of drug-likeness (QED) is 0.866. The second-order valence-electron chi connectivity index (χ2n) is 5.18. The Morgan fingerprint density at radius 1 is 1.35 bits per heavy atom. The summed E-state index contributed by atoms with van der Waals surface area (Å²) >= 11 is 1.64. The Morgan fingerprint density at radius 2 is 1.95 bits per heavy atom. The molecule has 0 radical (unpaired) electrons. The van der Waals surface area contributed by atoms with Gasteiger partial charge in [0.2, 0.25) is 0 Å². The van der Waals surface area contributed by atoms with E-state index in [1.165, 1.54) is 0 Å². The van der Waals surface area contributed by atoms with Crippen molar-refractivity contribution >= 4 is 17.7 Å². The van der Waals surface area contributed by atoms with E-state index in [2.05, 4.69) is 16.3 Å². The Balaban J connectivity index is 2.07. The first-order chi connectivity index (χ1) is 9.58. The average Bonchev–Trinajstić information content (AvgIpc) is 2.50. The molecule has 1 aliphatic heterocycles. The predicted molar refractivity (Wildman–Crippen MR) is 80.8 cm³/mol. The summed E-state index contributed by atoms with van der Waals surface area (Å²) in [4.78, 5) is 15.6. The van der Waals surface area contributed by atoms with Gasteiger partial charge in [0.05, 0.1) is 6.07 Å². The van der Waals surface area contributed by atoms with Crippen molar-refractivity contribution in [2.45, 2.75) is 23.3 Å². The highest BCUT2D eigenvalue weighted by molar-refractivity contribution is 7.98. The molecule has 1 fully saturated rings. The highest BCUT2D eigenvalue weighted by Gasteiger charge is 2.35. The van der Waals surface area contributed by atoms with Crippen LogP contribution in [0.5, 0.6) is 0 Å². The zero-order valence-corrected chi connectivity index (χ0v) is 12.7. The van der Waals surface area contributed by atoms with Crippen LogP contribution in [0.3, 0.4) is 0 Å². The van der Waals surface area contributed by atoms with Crippen LogP contribution in [0.2, 0.25) is 0 Å². The van der Waals surface area contributed by atoms with Gasteiger partial charge < -0.3 is 10.2 Å². The Hall–Kier alpha value is -1.51. The van der Waals surface area contributed by atoms with Crippen molar-refractivity contribution in [1.29, 1.82) is 5.26 Å². The second-order valence-corrected chi connectivity index (χ2v) is 6.06. The fourth-order valence-corrected chi connectivity index (χ4v) is 2.71. The molecule has 1 heterocycles. The molecule has 1 aliphatic rings. The average molecular weight is 289 g/mol. The number of nitrogens with zero attached hydrogens (tertiary/aromatic N) is 2. The third-order valence-electron chi connectivity index (χ3n) is 3.76. The van der Waals surface area contributed by atoms with Crippen molar-refractivity contribution in [2.75, 3.05) is 26.4 Å². The number of thioether (sulfide) groups is 1. The molecule has 2 rings (SSSR count). The van der Waals surface area contributed by atoms with E-state index in [0.29, 0.717) is 18.4 Å². The van der Waals surface area contributed by atoms with E-state index < -0.39 is 5.54 Å². The third-order valence-corrected chi connectivity index (χ3v) is 4.50. The van der Waals surface area contributed by atoms with Crippen LogP contribution in [0.1, 0.15) is 23.2 Å². The first-order valence-electron chi connectivity index (χ1n) is 6.65. The molecule has 1 aromatic rings. The van der Waals surface area contributed by atoms with Crippen LogP contribution in [0.15, 0.2) is 29.2 Å². The maximum atomic E-state index is 12.3. The molecule has 0 atom stereocenters. The van der Waals surface area contributed by atoms with Crippen molar-refractivity contribution in [3.8, 4) is 6.07 Å². The maximum absolute atomic E-state index is 12.3. The number of hydrogen-bond acceptors (Lipinski definition) is 4. The van der Waals surface area contributed by atoms with Crippen molar-refractivity contribution in [3.05, 3.63) is 29.8 Å². The lowest BCUT2D eigenvalue weighted by Gasteiger charge is -2.36. The number of rotatable bonds is 3.